The van der Waals surface area contributed by atoms with Crippen LogP contribution in [0.25, 0.3) is 22.0 Å². The van der Waals surface area contributed by atoms with E-state index in [-0.39, 0.29) is 5.82 Å². The van der Waals surface area contributed by atoms with Gasteiger partial charge in [-0.25, -0.2) is 4.39 Å². The van der Waals surface area contributed by atoms with Gasteiger partial charge in [-0.1, -0.05) is 24.3 Å². The Labute approximate surface area is 103 Å². The van der Waals surface area contributed by atoms with Crippen molar-refractivity contribution in [2.75, 3.05) is 0 Å². The maximum Gasteiger partial charge on any atom is 0.150 e. The van der Waals surface area contributed by atoms with Gasteiger partial charge in [0, 0.05) is 28.2 Å². The van der Waals surface area contributed by atoms with Crippen LogP contribution in [0.5, 0.6) is 0 Å². The number of carbonyl (C=O) groups excluding carboxylic acids is 1. The summed E-state index contributed by atoms with van der Waals surface area (Å²) in [6.07, 6.45) is 2.68. The number of halogens is 1. The molecule has 18 heavy (non-hydrogen) atoms. The first-order chi connectivity index (χ1) is 8.78. The van der Waals surface area contributed by atoms with Gasteiger partial charge in [-0.2, -0.15) is 0 Å². The summed E-state index contributed by atoms with van der Waals surface area (Å²) in [6.45, 7) is 0. The standard InChI is InChI=1S/C15H10FNO/c16-12-4-2-11(3-5-12)14-8-17-15-7-10(9-18)1-6-13(14)15/h1-9,17H. The monoisotopic (exact) mass is 239 g/mol. The lowest BCUT2D eigenvalue weighted by atomic mass is 10.0. The van der Waals surface area contributed by atoms with Crippen LogP contribution < -0.4 is 0 Å². The number of benzene rings is 2. The topological polar surface area (TPSA) is 32.9 Å². The van der Waals surface area contributed by atoms with Crippen LogP contribution in [0, 0.1) is 5.82 Å². The first-order valence-electron chi connectivity index (χ1n) is 5.60. The van der Waals surface area contributed by atoms with Crippen molar-refractivity contribution >= 4 is 17.2 Å². The zero-order valence-electron chi connectivity index (χ0n) is 9.48. The minimum atomic E-state index is -0.248. The smallest absolute Gasteiger partial charge is 0.150 e. The quantitative estimate of drug-likeness (QED) is 0.678. The first-order valence-corrected chi connectivity index (χ1v) is 5.60. The molecule has 0 saturated carbocycles. The van der Waals surface area contributed by atoms with E-state index in [1.807, 2.05) is 12.3 Å². The molecule has 0 atom stereocenters. The predicted octanol–water partition coefficient (Wildman–Crippen LogP) is 3.79. The normalized spacial score (nSPS) is 10.7. The molecule has 0 saturated heterocycles. The third-order valence-electron chi connectivity index (χ3n) is 3.00. The van der Waals surface area contributed by atoms with Gasteiger partial charge < -0.3 is 4.98 Å². The number of fused-ring (bicyclic) bond motifs is 1. The Balaban J connectivity index is 2.18. The number of rotatable bonds is 2. The molecule has 88 valence electrons. The lowest BCUT2D eigenvalue weighted by Crippen LogP contribution is -1.80. The molecule has 0 spiro atoms. The molecule has 1 heterocycles. The second-order valence-corrected chi connectivity index (χ2v) is 4.13. The van der Waals surface area contributed by atoms with Crippen LogP contribution in [-0.4, -0.2) is 11.3 Å². The molecular formula is C15H10FNO. The summed E-state index contributed by atoms with van der Waals surface area (Å²) in [6, 6.07) is 11.8. The van der Waals surface area contributed by atoms with Crippen molar-refractivity contribution in [3.05, 3.63) is 60.0 Å². The average molecular weight is 239 g/mol. The van der Waals surface area contributed by atoms with Gasteiger partial charge in [-0.3, -0.25) is 4.79 Å². The van der Waals surface area contributed by atoms with Crippen molar-refractivity contribution in [1.82, 2.24) is 4.98 Å². The maximum absolute atomic E-state index is 12.9. The summed E-state index contributed by atoms with van der Waals surface area (Å²) in [5.74, 6) is -0.248. The van der Waals surface area contributed by atoms with Crippen molar-refractivity contribution in [2.24, 2.45) is 0 Å². The Morgan fingerprint density at radius 3 is 2.56 bits per heavy atom. The Bertz CT molecular complexity index is 713. The zero-order chi connectivity index (χ0) is 12.5. The molecule has 0 aliphatic heterocycles. The summed E-state index contributed by atoms with van der Waals surface area (Å²) in [5, 5.41) is 1.02. The lowest BCUT2D eigenvalue weighted by molar-refractivity contribution is 0.112. The van der Waals surface area contributed by atoms with Gasteiger partial charge in [-0.15, -0.1) is 0 Å². The Kier molecular flexibility index (Phi) is 2.45. The van der Waals surface area contributed by atoms with E-state index in [1.165, 1.54) is 12.1 Å². The largest absolute Gasteiger partial charge is 0.361 e. The molecule has 0 radical (unpaired) electrons. The second-order valence-electron chi connectivity index (χ2n) is 4.13. The van der Waals surface area contributed by atoms with Gasteiger partial charge >= 0.3 is 0 Å². The number of hydrogen-bond donors (Lipinski definition) is 1. The van der Waals surface area contributed by atoms with Crippen LogP contribution in [0.4, 0.5) is 4.39 Å². The van der Waals surface area contributed by atoms with Crippen LogP contribution >= 0.6 is 0 Å². The van der Waals surface area contributed by atoms with E-state index in [1.54, 1.807) is 24.3 Å². The van der Waals surface area contributed by atoms with Gasteiger partial charge in [0.05, 0.1) is 0 Å². The Hall–Kier alpha value is -2.42. The van der Waals surface area contributed by atoms with Crippen molar-refractivity contribution < 1.29 is 9.18 Å². The van der Waals surface area contributed by atoms with Crippen LogP contribution in [-0.2, 0) is 0 Å². The molecule has 2 nitrogen and oxygen atoms in total. The molecule has 0 aliphatic rings. The van der Waals surface area contributed by atoms with Crippen LogP contribution in [0.15, 0.2) is 48.7 Å². The number of aromatic nitrogens is 1. The van der Waals surface area contributed by atoms with E-state index >= 15 is 0 Å². The van der Waals surface area contributed by atoms with E-state index in [2.05, 4.69) is 4.98 Å². The molecule has 3 rings (SSSR count). The molecule has 0 fully saturated rings. The van der Waals surface area contributed by atoms with E-state index in [0.717, 1.165) is 28.3 Å². The third-order valence-corrected chi connectivity index (χ3v) is 3.00. The lowest BCUT2D eigenvalue weighted by Gasteiger charge is -1.99. The van der Waals surface area contributed by atoms with E-state index < -0.39 is 0 Å². The Morgan fingerprint density at radius 1 is 1.06 bits per heavy atom. The molecule has 0 bridgehead atoms. The summed E-state index contributed by atoms with van der Waals surface area (Å²) in [4.78, 5) is 13.8. The van der Waals surface area contributed by atoms with E-state index in [9.17, 15) is 9.18 Å². The molecular weight excluding hydrogens is 229 g/mol. The fourth-order valence-corrected chi connectivity index (χ4v) is 2.09. The number of nitrogens with one attached hydrogen (secondary N) is 1. The van der Waals surface area contributed by atoms with Crippen molar-refractivity contribution in [2.45, 2.75) is 0 Å². The van der Waals surface area contributed by atoms with Gasteiger partial charge in [0.1, 0.15) is 12.1 Å². The van der Waals surface area contributed by atoms with Gasteiger partial charge in [0.25, 0.3) is 0 Å². The van der Waals surface area contributed by atoms with Crippen molar-refractivity contribution in [3.8, 4) is 11.1 Å². The van der Waals surface area contributed by atoms with E-state index in [4.69, 9.17) is 0 Å². The average Bonchev–Trinajstić information content (AvgIpc) is 2.82. The molecule has 0 aliphatic carbocycles. The number of hydrogen-bond acceptors (Lipinski definition) is 1. The molecule has 1 aromatic heterocycles. The number of aldehydes is 1. The molecule has 3 heteroatoms. The van der Waals surface area contributed by atoms with Crippen LogP contribution in [0.1, 0.15) is 10.4 Å². The van der Waals surface area contributed by atoms with E-state index in [0.29, 0.717) is 5.56 Å². The molecule has 1 N–H and O–H groups in total. The van der Waals surface area contributed by atoms with Crippen LogP contribution in [0.2, 0.25) is 0 Å². The van der Waals surface area contributed by atoms with Crippen LogP contribution in [0.3, 0.4) is 0 Å². The molecule has 3 aromatic rings. The first kappa shape index (κ1) is 10.7. The predicted molar refractivity (Wildman–Crippen MR) is 69.1 cm³/mol. The summed E-state index contributed by atoms with van der Waals surface area (Å²) >= 11 is 0. The fourth-order valence-electron chi connectivity index (χ4n) is 2.09. The SMILES string of the molecule is O=Cc1ccc2c(-c3ccc(F)cc3)c[nH]c2c1. The second kappa shape index (κ2) is 4.11. The number of aromatic amines is 1. The highest BCUT2D eigenvalue weighted by molar-refractivity contribution is 5.97. The van der Waals surface area contributed by atoms with Crippen molar-refractivity contribution in [1.29, 1.82) is 0 Å². The molecule has 0 amide bonds. The number of carbonyl (C=O) groups is 1. The Morgan fingerprint density at radius 2 is 1.83 bits per heavy atom. The summed E-state index contributed by atoms with van der Waals surface area (Å²) in [7, 11) is 0. The summed E-state index contributed by atoms with van der Waals surface area (Å²) < 4.78 is 12.9. The highest BCUT2D eigenvalue weighted by Gasteiger charge is 2.06. The maximum atomic E-state index is 12.9. The number of H-pyrrole nitrogens is 1. The zero-order valence-corrected chi connectivity index (χ0v) is 9.48. The van der Waals surface area contributed by atoms with Crippen molar-refractivity contribution in [3.63, 3.8) is 0 Å². The van der Waals surface area contributed by atoms with Gasteiger partial charge in [0.15, 0.2) is 0 Å². The highest BCUT2D eigenvalue weighted by atomic mass is 19.1. The molecule has 0 unspecified atom stereocenters. The van der Waals surface area contributed by atoms with Gasteiger partial charge in [-0.05, 0) is 23.8 Å². The third kappa shape index (κ3) is 1.70. The minimum absolute atomic E-state index is 0.248. The fraction of sp³-hybridized carbons (Fsp3) is 0. The highest BCUT2D eigenvalue weighted by Crippen LogP contribution is 2.28. The minimum Gasteiger partial charge on any atom is -0.361 e. The summed E-state index contributed by atoms with van der Waals surface area (Å²) in [5.41, 5.74) is 3.48. The van der Waals surface area contributed by atoms with Gasteiger partial charge in [0.2, 0.25) is 0 Å². The molecule has 2 aromatic carbocycles.